The lowest BCUT2D eigenvalue weighted by molar-refractivity contribution is -0.116. The van der Waals surface area contributed by atoms with Crippen LogP contribution in [0, 0.1) is 5.92 Å². The molecule has 180 valence electrons. The molecule has 4 atom stereocenters. The summed E-state index contributed by atoms with van der Waals surface area (Å²) in [6.45, 7) is 10.3. The van der Waals surface area contributed by atoms with Crippen molar-refractivity contribution in [2.24, 2.45) is 5.92 Å². The molecule has 1 saturated heterocycles. The van der Waals surface area contributed by atoms with Crippen LogP contribution in [0.4, 0.5) is 13.2 Å². The van der Waals surface area contributed by atoms with Crippen molar-refractivity contribution in [2.75, 3.05) is 7.11 Å². The van der Waals surface area contributed by atoms with Crippen LogP contribution in [0.3, 0.4) is 0 Å². The van der Waals surface area contributed by atoms with Crippen LogP contribution in [0.5, 0.6) is 0 Å². The first kappa shape index (κ1) is 25.0. The molecule has 0 aromatic carbocycles. The molecule has 3 rings (SSSR count). The van der Waals surface area contributed by atoms with Gasteiger partial charge in [0.15, 0.2) is 8.32 Å². The number of rotatable bonds is 6. The van der Waals surface area contributed by atoms with Crippen molar-refractivity contribution in [3.8, 4) is 0 Å². The predicted octanol–water partition coefficient (Wildman–Crippen LogP) is 4.87. The summed E-state index contributed by atoms with van der Waals surface area (Å²) in [5, 5.41) is -0.154. The minimum absolute atomic E-state index is 0.154. The van der Waals surface area contributed by atoms with Gasteiger partial charge in [0, 0.05) is 13.0 Å². The highest BCUT2D eigenvalue weighted by Gasteiger charge is 2.64. The fourth-order valence-electron chi connectivity index (χ4n) is 4.47. The molecule has 2 aliphatic carbocycles. The molecule has 31 heavy (non-hydrogen) atoms. The van der Waals surface area contributed by atoms with Gasteiger partial charge in [-0.25, -0.2) is 0 Å². The van der Waals surface area contributed by atoms with E-state index < -0.39 is 47.9 Å². The molecule has 6 nitrogen and oxygen atoms in total. The van der Waals surface area contributed by atoms with Gasteiger partial charge >= 0.3 is 15.6 Å². The lowest BCUT2D eigenvalue weighted by Crippen LogP contribution is -2.55. The Balaban J connectivity index is 2.00. The maximum atomic E-state index is 12.9. The number of methoxy groups -OCH3 is 1. The Morgan fingerprint density at radius 3 is 2.19 bits per heavy atom. The van der Waals surface area contributed by atoms with E-state index in [-0.39, 0.29) is 16.7 Å². The molecule has 1 aliphatic heterocycles. The first-order chi connectivity index (χ1) is 14.0. The lowest BCUT2D eigenvalue weighted by atomic mass is 9.69. The first-order valence-electron chi connectivity index (χ1n) is 10.7. The summed E-state index contributed by atoms with van der Waals surface area (Å²) >= 11 is 0. The van der Waals surface area contributed by atoms with Crippen molar-refractivity contribution < 1.29 is 39.7 Å². The molecule has 0 amide bonds. The zero-order valence-corrected chi connectivity index (χ0v) is 20.7. The van der Waals surface area contributed by atoms with E-state index in [0.717, 1.165) is 32.1 Å². The molecular weight excluding hydrogens is 453 g/mol. The molecule has 0 bridgehead atoms. The van der Waals surface area contributed by atoms with E-state index in [0.29, 0.717) is 0 Å². The van der Waals surface area contributed by atoms with Crippen LogP contribution in [0.15, 0.2) is 11.8 Å². The Labute approximate surface area is 183 Å². The van der Waals surface area contributed by atoms with Gasteiger partial charge in [-0.2, -0.15) is 21.6 Å². The molecule has 0 aromatic rings. The van der Waals surface area contributed by atoms with Crippen LogP contribution >= 0.6 is 0 Å². The highest BCUT2D eigenvalue weighted by molar-refractivity contribution is 7.87. The molecule has 1 heterocycles. The minimum Gasteiger partial charge on any atom is -0.410 e. The standard InChI is InChI=1S/C20H33F3O6SSi/c1-18(2,3)31(5,6)29-13-12-14(28-30(24,25)20(21,22)23)16-17(27-16)15(13)19(26-4)10-8-7-9-11-19/h12-13,15-17H,7-11H2,1-6H3/t13-,15-,16-,17+/m1/s1. The topological polar surface area (TPSA) is 74.4 Å². The quantitative estimate of drug-likeness (QED) is 0.231. The van der Waals surface area contributed by atoms with E-state index in [1.165, 1.54) is 6.08 Å². The molecule has 11 heteroatoms. The van der Waals surface area contributed by atoms with Crippen LogP contribution < -0.4 is 0 Å². The first-order valence-corrected chi connectivity index (χ1v) is 15.0. The largest absolute Gasteiger partial charge is 0.534 e. The summed E-state index contributed by atoms with van der Waals surface area (Å²) in [5.41, 5.74) is -6.04. The normalized spacial score (nSPS) is 31.6. The van der Waals surface area contributed by atoms with Gasteiger partial charge in [0.25, 0.3) is 0 Å². The Bertz CT molecular complexity index is 812. The third-order valence-electron chi connectivity index (χ3n) is 7.28. The second-order valence-electron chi connectivity index (χ2n) is 10.3. The van der Waals surface area contributed by atoms with Crippen molar-refractivity contribution in [3.63, 3.8) is 0 Å². The third-order valence-corrected chi connectivity index (χ3v) is 12.7. The van der Waals surface area contributed by atoms with Gasteiger partial charge in [0.1, 0.15) is 18.0 Å². The summed E-state index contributed by atoms with van der Waals surface area (Å²) in [7, 11) is -6.50. The monoisotopic (exact) mass is 486 g/mol. The minimum atomic E-state index is -5.79. The molecule has 0 radical (unpaired) electrons. The number of hydrogen-bond donors (Lipinski definition) is 0. The Morgan fingerprint density at radius 1 is 1.13 bits per heavy atom. The van der Waals surface area contributed by atoms with Gasteiger partial charge in [-0.1, -0.05) is 40.0 Å². The molecule has 0 N–H and O–H groups in total. The highest BCUT2D eigenvalue weighted by atomic mass is 32.2. The van der Waals surface area contributed by atoms with Gasteiger partial charge in [-0.05, 0) is 37.0 Å². The Hall–Kier alpha value is -0.623. The number of hydrogen-bond acceptors (Lipinski definition) is 6. The van der Waals surface area contributed by atoms with E-state index >= 15 is 0 Å². The van der Waals surface area contributed by atoms with Crippen LogP contribution in [0.25, 0.3) is 0 Å². The molecule has 1 saturated carbocycles. The van der Waals surface area contributed by atoms with Gasteiger partial charge in [-0.3, -0.25) is 0 Å². The van der Waals surface area contributed by atoms with Crippen LogP contribution in [0.2, 0.25) is 18.1 Å². The smallest absolute Gasteiger partial charge is 0.410 e. The highest BCUT2D eigenvalue weighted by Crippen LogP contribution is 2.53. The molecule has 0 aromatic heterocycles. The second kappa shape index (κ2) is 8.00. The van der Waals surface area contributed by atoms with Gasteiger partial charge in [0.2, 0.25) is 0 Å². The lowest BCUT2D eigenvalue weighted by Gasteiger charge is -2.48. The van der Waals surface area contributed by atoms with Crippen molar-refractivity contribution in [1.82, 2.24) is 0 Å². The SMILES string of the molecule is COC1([C@H]2[C@@H]3O[C@@H]3C(OS(=O)(=O)C(F)(F)F)=C[C@H]2O[Si](C)(C)C(C)(C)C)CCCCC1. The maximum Gasteiger partial charge on any atom is 0.534 e. The van der Waals surface area contributed by atoms with Gasteiger partial charge in [0.05, 0.1) is 11.7 Å². The van der Waals surface area contributed by atoms with Gasteiger partial charge < -0.3 is 18.1 Å². The second-order valence-corrected chi connectivity index (χ2v) is 16.6. The molecule has 2 fully saturated rings. The summed E-state index contributed by atoms with van der Waals surface area (Å²) in [6.07, 6.45) is 4.01. The average Bonchev–Trinajstić information content (AvgIpc) is 3.40. The number of ether oxygens (including phenoxy) is 2. The van der Waals surface area contributed by atoms with Crippen LogP contribution in [-0.4, -0.2) is 53.3 Å². The fourth-order valence-corrected chi connectivity index (χ4v) is 6.22. The molecule has 0 unspecified atom stereocenters. The van der Waals surface area contributed by atoms with Crippen LogP contribution in [0.1, 0.15) is 52.9 Å². The van der Waals surface area contributed by atoms with Crippen LogP contribution in [-0.2, 0) is 28.2 Å². The van der Waals surface area contributed by atoms with Crippen molar-refractivity contribution in [1.29, 1.82) is 0 Å². The zero-order valence-electron chi connectivity index (χ0n) is 18.9. The van der Waals surface area contributed by atoms with E-state index in [4.69, 9.17) is 13.9 Å². The zero-order chi connectivity index (χ0) is 23.5. The van der Waals surface area contributed by atoms with Crippen molar-refractivity contribution in [3.05, 3.63) is 11.8 Å². The van der Waals surface area contributed by atoms with Crippen molar-refractivity contribution >= 4 is 18.4 Å². The van der Waals surface area contributed by atoms with E-state index in [2.05, 4.69) is 25.0 Å². The summed E-state index contributed by atoms with van der Waals surface area (Å²) in [4.78, 5) is 0. The number of epoxide rings is 1. The maximum absolute atomic E-state index is 12.9. The number of halogens is 3. The molecular formula is C20H33F3O6SSi. The van der Waals surface area contributed by atoms with Gasteiger partial charge in [-0.15, -0.1) is 0 Å². The summed E-state index contributed by atoms with van der Waals surface area (Å²) in [6, 6.07) is 0. The Morgan fingerprint density at radius 2 is 1.71 bits per heavy atom. The molecule has 3 aliphatic rings. The van der Waals surface area contributed by atoms with Crippen molar-refractivity contribution in [2.45, 2.75) is 100 Å². The van der Waals surface area contributed by atoms with E-state index in [1.54, 1.807) is 7.11 Å². The number of fused-ring (bicyclic) bond motifs is 1. The Kier molecular flexibility index (Phi) is 6.45. The molecule has 0 spiro atoms. The predicted molar refractivity (Wildman–Crippen MR) is 111 cm³/mol. The third kappa shape index (κ3) is 4.71. The summed E-state index contributed by atoms with van der Waals surface area (Å²) in [5.74, 6) is -0.595. The fraction of sp³-hybridized carbons (Fsp3) is 0.900. The number of alkyl halides is 3. The summed E-state index contributed by atoms with van der Waals surface area (Å²) < 4.78 is 84.9. The van der Waals surface area contributed by atoms with E-state index in [9.17, 15) is 21.6 Å². The van der Waals surface area contributed by atoms with E-state index in [1.807, 2.05) is 13.1 Å². The average molecular weight is 487 g/mol.